The molecule has 19 heavy (non-hydrogen) atoms. The minimum Gasteiger partial charge on any atom is -0.480 e. The second kappa shape index (κ2) is 6.25. The summed E-state index contributed by atoms with van der Waals surface area (Å²) in [5.41, 5.74) is 7.48. The van der Waals surface area contributed by atoms with E-state index >= 15 is 0 Å². The van der Waals surface area contributed by atoms with E-state index in [0.29, 0.717) is 6.54 Å². The van der Waals surface area contributed by atoms with Gasteiger partial charge in [-0.25, -0.2) is 4.98 Å². The van der Waals surface area contributed by atoms with Crippen molar-refractivity contribution < 1.29 is 9.90 Å². The summed E-state index contributed by atoms with van der Waals surface area (Å²) < 4.78 is 0. The maximum absolute atomic E-state index is 10.9. The Labute approximate surface area is 119 Å². The van der Waals surface area contributed by atoms with Crippen LogP contribution in [-0.4, -0.2) is 34.6 Å². The SMILES string of the molecule is CN(CC(=O)O)C(c1ccsc1)c1nc(CN)cs1. The van der Waals surface area contributed by atoms with Crippen LogP contribution in [0.5, 0.6) is 0 Å². The summed E-state index contributed by atoms with van der Waals surface area (Å²) in [5.74, 6) is -0.849. The molecule has 1 unspecified atom stereocenters. The summed E-state index contributed by atoms with van der Waals surface area (Å²) in [7, 11) is 1.79. The van der Waals surface area contributed by atoms with Crippen LogP contribution in [-0.2, 0) is 11.3 Å². The fraction of sp³-hybridized carbons (Fsp3) is 0.333. The highest BCUT2D eigenvalue weighted by molar-refractivity contribution is 7.10. The summed E-state index contributed by atoms with van der Waals surface area (Å²) in [6.45, 7) is 0.369. The topological polar surface area (TPSA) is 79.5 Å². The van der Waals surface area contributed by atoms with Gasteiger partial charge in [-0.2, -0.15) is 11.3 Å². The number of thiophene rings is 1. The van der Waals surface area contributed by atoms with Gasteiger partial charge in [0.1, 0.15) is 5.01 Å². The molecule has 0 aliphatic rings. The Bertz CT molecular complexity index is 539. The predicted octanol–water partition coefficient (Wildman–Crippen LogP) is 1.77. The highest BCUT2D eigenvalue weighted by atomic mass is 32.1. The number of nitrogens with two attached hydrogens (primary N) is 1. The van der Waals surface area contributed by atoms with Crippen LogP contribution in [0.2, 0.25) is 0 Å². The predicted molar refractivity (Wildman–Crippen MR) is 76.4 cm³/mol. The molecule has 0 spiro atoms. The monoisotopic (exact) mass is 297 g/mol. The number of aromatic nitrogens is 1. The molecule has 2 aromatic heterocycles. The third-order valence-electron chi connectivity index (χ3n) is 2.70. The fourth-order valence-corrected chi connectivity index (χ4v) is 3.56. The van der Waals surface area contributed by atoms with Crippen LogP contribution >= 0.6 is 22.7 Å². The van der Waals surface area contributed by atoms with Crippen molar-refractivity contribution in [3.63, 3.8) is 0 Å². The van der Waals surface area contributed by atoms with Gasteiger partial charge < -0.3 is 10.8 Å². The van der Waals surface area contributed by atoms with Gasteiger partial charge in [-0.05, 0) is 29.4 Å². The van der Waals surface area contributed by atoms with E-state index in [4.69, 9.17) is 10.8 Å². The van der Waals surface area contributed by atoms with Crippen LogP contribution in [0.25, 0.3) is 0 Å². The molecule has 0 fully saturated rings. The van der Waals surface area contributed by atoms with Gasteiger partial charge in [-0.15, -0.1) is 11.3 Å². The van der Waals surface area contributed by atoms with Crippen molar-refractivity contribution in [3.8, 4) is 0 Å². The summed E-state index contributed by atoms with van der Waals surface area (Å²) in [4.78, 5) is 17.2. The molecule has 3 N–H and O–H groups in total. The number of rotatable bonds is 6. The van der Waals surface area contributed by atoms with Crippen molar-refractivity contribution in [3.05, 3.63) is 38.5 Å². The molecule has 0 aliphatic heterocycles. The van der Waals surface area contributed by atoms with Gasteiger partial charge in [-0.1, -0.05) is 0 Å². The summed E-state index contributed by atoms with van der Waals surface area (Å²) in [5, 5.41) is 15.8. The number of thiazole rings is 1. The molecule has 0 aromatic carbocycles. The smallest absolute Gasteiger partial charge is 0.317 e. The third-order valence-corrected chi connectivity index (χ3v) is 4.34. The minimum atomic E-state index is -0.849. The Morgan fingerprint density at radius 3 is 2.89 bits per heavy atom. The van der Waals surface area contributed by atoms with Crippen molar-refractivity contribution in [2.24, 2.45) is 5.73 Å². The number of carboxylic acids is 1. The quantitative estimate of drug-likeness (QED) is 0.849. The summed E-state index contributed by atoms with van der Waals surface area (Å²) in [6.07, 6.45) is 0. The second-order valence-corrected chi connectivity index (χ2v) is 5.82. The van der Waals surface area contributed by atoms with Crippen LogP contribution < -0.4 is 5.73 Å². The molecule has 0 bridgehead atoms. The highest BCUT2D eigenvalue weighted by Gasteiger charge is 2.24. The van der Waals surface area contributed by atoms with E-state index in [1.807, 2.05) is 22.2 Å². The first-order valence-corrected chi connectivity index (χ1v) is 7.52. The van der Waals surface area contributed by atoms with Crippen LogP contribution in [0.4, 0.5) is 0 Å². The Kier molecular flexibility index (Phi) is 4.65. The number of hydrogen-bond acceptors (Lipinski definition) is 6. The van der Waals surface area contributed by atoms with Crippen LogP contribution in [0.15, 0.2) is 22.2 Å². The van der Waals surface area contributed by atoms with Gasteiger partial charge in [0.15, 0.2) is 0 Å². The molecule has 0 amide bonds. The zero-order valence-corrected chi connectivity index (χ0v) is 12.1. The maximum Gasteiger partial charge on any atom is 0.317 e. The Hall–Kier alpha value is -1.28. The van der Waals surface area contributed by atoms with E-state index < -0.39 is 5.97 Å². The molecular formula is C12H15N3O2S2. The molecule has 7 heteroatoms. The molecule has 102 valence electrons. The number of aliphatic carboxylic acids is 1. The van der Waals surface area contributed by atoms with Gasteiger partial charge in [0.25, 0.3) is 0 Å². The summed E-state index contributed by atoms with van der Waals surface area (Å²) in [6, 6.07) is 1.87. The molecule has 0 aliphatic carbocycles. The second-order valence-electron chi connectivity index (χ2n) is 4.15. The number of carbonyl (C=O) groups is 1. The van der Waals surface area contributed by atoms with E-state index in [0.717, 1.165) is 16.3 Å². The maximum atomic E-state index is 10.9. The molecular weight excluding hydrogens is 282 g/mol. The minimum absolute atomic E-state index is 0.0297. The highest BCUT2D eigenvalue weighted by Crippen LogP contribution is 2.31. The molecule has 1 atom stereocenters. The molecule has 2 heterocycles. The lowest BCUT2D eigenvalue weighted by molar-refractivity contribution is -0.138. The van der Waals surface area contributed by atoms with Crippen molar-refractivity contribution >= 4 is 28.6 Å². The van der Waals surface area contributed by atoms with Crippen molar-refractivity contribution in [2.45, 2.75) is 12.6 Å². The number of carboxylic acid groups (broad SMARTS) is 1. The van der Waals surface area contributed by atoms with Gasteiger partial charge in [0.05, 0.1) is 18.3 Å². The normalized spacial score (nSPS) is 12.8. The summed E-state index contributed by atoms with van der Waals surface area (Å²) >= 11 is 3.10. The molecule has 2 rings (SSSR count). The van der Waals surface area contributed by atoms with Crippen LogP contribution in [0.1, 0.15) is 22.3 Å². The van der Waals surface area contributed by atoms with Crippen molar-refractivity contribution in [1.82, 2.24) is 9.88 Å². The lowest BCUT2D eigenvalue weighted by Gasteiger charge is -2.24. The van der Waals surface area contributed by atoms with E-state index in [-0.39, 0.29) is 12.6 Å². The number of hydrogen-bond donors (Lipinski definition) is 2. The Morgan fingerprint density at radius 1 is 1.58 bits per heavy atom. The van der Waals surface area contributed by atoms with Gasteiger partial charge in [0, 0.05) is 11.9 Å². The van der Waals surface area contributed by atoms with Crippen LogP contribution in [0, 0.1) is 0 Å². The van der Waals surface area contributed by atoms with E-state index in [1.54, 1.807) is 23.3 Å². The van der Waals surface area contributed by atoms with Gasteiger partial charge >= 0.3 is 5.97 Å². The first kappa shape index (κ1) is 14.1. The van der Waals surface area contributed by atoms with Crippen molar-refractivity contribution in [2.75, 3.05) is 13.6 Å². The average Bonchev–Trinajstić information content (AvgIpc) is 2.99. The Balaban J connectivity index is 2.31. The van der Waals surface area contributed by atoms with Crippen molar-refractivity contribution in [1.29, 1.82) is 0 Å². The molecule has 2 aromatic rings. The zero-order chi connectivity index (χ0) is 13.8. The largest absolute Gasteiger partial charge is 0.480 e. The molecule has 0 saturated heterocycles. The molecule has 0 radical (unpaired) electrons. The number of likely N-dealkylation sites (N-methyl/N-ethyl adjacent to an activating group) is 1. The standard InChI is InChI=1S/C12H15N3O2S2/c1-15(5-10(16)17)11(8-2-3-18-6-8)12-14-9(4-13)7-19-12/h2-3,6-7,11H,4-5,13H2,1H3,(H,16,17). The average molecular weight is 297 g/mol. The molecule has 0 saturated carbocycles. The number of nitrogens with zero attached hydrogens (tertiary/aromatic N) is 2. The zero-order valence-electron chi connectivity index (χ0n) is 10.4. The van der Waals surface area contributed by atoms with Gasteiger partial charge in [-0.3, -0.25) is 9.69 Å². The van der Waals surface area contributed by atoms with E-state index in [2.05, 4.69) is 4.98 Å². The Morgan fingerprint density at radius 2 is 2.37 bits per heavy atom. The van der Waals surface area contributed by atoms with Crippen LogP contribution in [0.3, 0.4) is 0 Å². The first-order valence-electron chi connectivity index (χ1n) is 5.70. The fourth-order valence-electron chi connectivity index (χ4n) is 1.86. The molecule has 5 nitrogen and oxygen atoms in total. The van der Waals surface area contributed by atoms with E-state index in [9.17, 15) is 4.79 Å². The van der Waals surface area contributed by atoms with Gasteiger partial charge in [0.2, 0.25) is 0 Å². The third kappa shape index (κ3) is 3.38. The van der Waals surface area contributed by atoms with E-state index in [1.165, 1.54) is 11.3 Å². The lowest BCUT2D eigenvalue weighted by atomic mass is 10.1. The lowest BCUT2D eigenvalue weighted by Crippen LogP contribution is -2.30. The first-order chi connectivity index (χ1) is 9.11.